The number of rotatable bonds is 7. The highest BCUT2D eigenvalue weighted by atomic mass is 19.1. The molecule has 154 valence electrons. The van der Waals surface area contributed by atoms with Crippen molar-refractivity contribution in [2.75, 3.05) is 0 Å². The minimum absolute atomic E-state index is 0.0622. The number of halogens is 1. The Kier molecular flexibility index (Phi) is 5.93. The third kappa shape index (κ3) is 5.08. The predicted molar refractivity (Wildman–Crippen MR) is 110 cm³/mol. The maximum absolute atomic E-state index is 13.0. The van der Waals surface area contributed by atoms with Gasteiger partial charge < -0.3 is 9.15 Å². The first kappa shape index (κ1) is 20.2. The van der Waals surface area contributed by atoms with Crippen molar-refractivity contribution in [2.45, 2.75) is 12.8 Å². The van der Waals surface area contributed by atoms with Gasteiger partial charge in [-0.15, -0.1) is 10.2 Å². The summed E-state index contributed by atoms with van der Waals surface area (Å²) in [4.78, 5) is 24.5. The summed E-state index contributed by atoms with van der Waals surface area (Å²) >= 11 is 0. The summed E-state index contributed by atoms with van der Waals surface area (Å²) in [5.74, 6) is -0.0613. The van der Waals surface area contributed by atoms with Crippen molar-refractivity contribution in [1.82, 2.24) is 10.2 Å². The molecule has 0 aliphatic heterocycles. The average molecular weight is 416 g/mol. The quantitative estimate of drug-likeness (QED) is 0.248. The van der Waals surface area contributed by atoms with Crippen LogP contribution < -0.4 is 4.74 Å². The fourth-order valence-electron chi connectivity index (χ4n) is 2.89. The average Bonchev–Trinajstić information content (AvgIpc) is 3.28. The molecule has 0 aliphatic carbocycles. The molecule has 0 fully saturated rings. The molecule has 0 aliphatic rings. The molecule has 7 heteroatoms. The molecular weight excluding hydrogens is 399 g/mol. The normalized spacial score (nSPS) is 10.6. The minimum atomic E-state index is -0.461. The largest absolute Gasteiger partial charge is 0.427 e. The number of benzene rings is 3. The minimum Gasteiger partial charge on any atom is -0.427 e. The number of esters is 1. The zero-order valence-corrected chi connectivity index (χ0v) is 16.3. The Balaban J connectivity index is 1.31. The standard InChI is InChI=1S/C24H17FN2O4/c25-19-10-6-16(7-11-19)23(29)17-8-12-20(13-9-17)30-22(28)15-14-21-26-27-24(31-21)18-4-2-1-3-5-18/h1-13H,14-15H2. The maximum atomic E-state index is 13.0. The van der Waals surface area contributed by atoms with Crippen LogP contribution in [-0.4, -0.2) is 21.9 Å². The third-order valence-corrected chi connectivity index (χ3v) is 4.49. The van der Waals surface area contributed by atoms with Crippen molar-refractivity contribution in [3.63, 3.8) is 0 Å². The molecule has 4 aromatic rings. The summed E-state index contributed by atoms with van der Waals surface area (Å²) in [7, 11) is 0. The summed E-state index contributed by atoms with van der Waals surface area (Å²) in [6.07, 6.45) is 0.312. The highest BCUT2D eigenvalue weighted by Crippen LogP contribution is 2.19. The van der Waals surface area contributed by atoms with Crippen LogP contribution in [0.5, 0.6) is 5.75 Å². The molecule has 0 spiro atoms. The van der Waals surface area contributed by atoms with Crippen LogP contribution in [0.4, 0.5) is 4.39 Å². The first-order chi connectivity index (χ1) is 15.1. The second-order valence-corrected chi connectivity index (χ2v) is 6.70. The van der Waals surface area contributed by atoms with E-state index in [0.717, 1.165) is 5.56 Å². The van der Waals surface area contributed by atoms with E-state index in [1.807, 2.05) is 30.3 Å². The molecular formula is C24H17FN2O4. The van der Waals surface area contributed by atoms with Crippen LogP contribution in [0.15, 0.2) is 83.3 Å². The fraction of sp³-hybridized carbons (Fsp3) is 0.0833. The summed E-state index contributed by atoms with van der Waals surface area (Å²) in [6.45, 7) is 0. The molecule has 0 unspecified atom stereocenters. The van der Waals surface area contributed by atoms with Gasteiger partial charge in [-0.1, -0.05) is 18.2 Å². The Labute approximate surface area is 177 Å². The number of hydrogen-bond donors (Lipinski definition) is 0. The Morgan fingerprint density at radius 3 is 2.16 bits per heavy atom. The molecule has 0 radical (unpaired) electrons. The number of aryl methyl sites for hydroxylation is 1. The number of hydrogen-bond acceptors (Lipinski definition) is 6. The zero-order chi connectivity index (χ0) is 21.6. The number of ether oxygens (including phenoxy) is 1. The third-order valence-electron chi connectivity index (χ3n) is 4.49. The van der Waals surface area contributed by atoms with E-state index < -0.39 is 11.8 Å². The van der Waals surface area contributed by atoms with E-state index in [0.29, 0.717) is 28.7 Å². The van der Waals surface area contributed by atoms with Crippen molar-refractivity contribution >= 4 is 11.8 Å². The van der Waals surface area contributed by atoms with E-state index in [1.54, 1.807) is 12.1 Å². The monoisotopic (exact) mass is 416 g/mol. The maximum Gasteiger partial charge on any atom is 0.311 e. The highest BCUT2D eigenvalue weighted by molar-refractivity contribution is 6.09. The molecule has 1 aromatic heterocycles. The smallest absolute Gasteiger partial charge is 0.311 e. The van der Waals surface area contributed by atoms with E-state index in [9.17, 15) is 14.0 Å². The lowest BCUT2D eigenvalue weighted by Gasteiger charge is -2.05. The van der Waals surface area contributed by atoms with E-state index in [2.05, 4.69) is 10.2 Å². The van der Waals surface area contributed by atoms with Crippen LogP contribution in [0.25, 0.3) is 11.5 Å². The lowest BCUT2D eigenvalue weighted by molar-refractivity contribution is -0.134. The van der Waals surface area contributed by atoms with Gasteiger partial charge in [0.05, 0.1) is 6.42 Å². The number of carbonyl (C=O) groups excluding carboxylic acids is 2. The number of aromatic nitrogens is 2. The van der Waals surface area contributed by atoms with Crippen molar-refractivity contribution in [3.8, 4) is 17.2 Å². The molecule has 3 aromatic carbocycles. The summed E-state index contributed by atoms with van der Waals surface area (Å²) in [5.41, 5.74) is 1.59. The molecule has 4 rings (SSSR count). The van der Waals surface area contributed by atoms with Crippen molar-refractivity contribution < 1.29 is 23.1 Å². The van der Waals surface area contributed by atoms with Crippen LogP contribution in [0, 0.1) is 5.82 Å². The van der Waals surface area contributed by atoms with Crippen LogP contribution in [0.1, 0.15) is 28.2 Å². The predicted octanol–water partition coefficient (Wildman–Crippen LogP) is 4.64. The Morgan fingerprint density at radius 2 is 1.48 bits per heavy atom. The van der Waals surface area contributed by atoms with Gasteiger partial charge in [-0.2, -0.15) is 0 Å². The topological polar surface area (TPSA) is 82.3 Å². The van der Waals surface area contributed by atoms with E-state index >= 15 is 0 Å². The molecule has 0 saturated carbocycles. The summed E-state index contributed by atoms with van der Waals surface area (Å²) < 4.78 is 23.9. The van der Waals surface area contributed by atoms with Gasteiger partial charge in [0, 0.05) is 23.1 Å². The molecule has 0 atom stereocenters. The second kappa shape index (κ2) is 9.13. The Bertz CT molecular complexity index is 1190. The van der Waals surface area contributed by atoms with Crippen molar-refractivity contribution in [3.05, 3.63) is 102 Å². The first-order valence-corrected chi connectivity index (χ1v) is 9.57. The molecule has 0 N–H and O–H groups in total. The van der Waals surface area contributed by atoms with Gasteiger partial charge >= 0.3 is 5.97 Å². The van der Waals surface area contributed by atoms with Crippen LogP contribution >= 0.6 is 0 Å². The Hall–Kier alpha value is -4.13. The first-order valence-electron chi connectivity index (χ1n) is 9.57. The lowest BCUT2D eigenvalue weighted by Crippen LogP contribution is -2.09. The van der Waals surface area contributed by atoms with Gasteiger partial charge in [0.1, 0.15) is 11.6 Å². The number of nitrogens with zero attached hydrogens (tertiary/aromatic N) is 2. The van der Waals surface area contributed by atoms with Crippen LogP contribution in [-0.2, 0) is 11.2 Å². The summed E-state index contributed by atoms with van der Waals surface area (Å²) in [6, 6.07) is 20.8. The molecule has 31 heavy (non-hydrogen) atoms. The van der Waals surface area contributed by atoms with Crippen LogP contribution in [0.2, 0.25) is 0 Å². The van der Waals surface area contributed by atoms with Crippen molar-refractivity contribution in [2.24, 2.45) is 0 Å². The molecule has 0 bridgehead atoms. The fourth-order valence-corrected chi connectivity index (χ4v) is 2.89. The van der Waals surface area contributed by atoms with Gasteiger partial charge in [0.25, 0.3) is 0 Å². The molecule has 6 nitrogen and oxygen atoms in total. The van der Waals surface area contributed by atoms with E-state index in [1.165, 1.54) is 36.4 Å². The second-order valence-electron chi connectivity index (χ2n) is 6.70. The van der Waals surface area contributed by atoms with Crippen molar-refractivity contribution in [1.29, 1.82) is 0 Å². The van der Waals surface area contributed by atoms with Gasteiger partial charge in [0.15, 0.2) is 5.78 Å². The summed E-state index contributed by atoms with van der Waals surface area (Å²) in [5, 5.41) is 7.93. The number of ketones is 1. The highest BCUT2D eigenvalue weighted by Gasteiger charge is 2.13. The van der Waals surface area contributed by atoms with Gasteiger partial charge in [0.2, 0.25) is 11.8 Å². The lowest BCUT2D eigenvalue weighted by atomic mass is 10.0. The van der Waals surface area contributed by atoms with Gasteiger partial charge in [-0.05, 0) is 60.7 Å². The Morgan fingerprint density at radius 1 is 0.839 bits per heavy atom. The SMILES string of the molecule is O=C(CCc1nnc(-c2ccccc2)o1)Oc1ccc(C(=O)c2ccc(F)cc2)cc1. The molecule has 0 saturated heterocycles. The van der Waals surface area contributed by atoms with E-state index in [-0.39, 0.29) is 18.6 Å². The van der Waals surface area contributed by atoms with Gasteiger partial charge in [-0.3, -0.25) is 9.59 Å². The number of carbonyl (C=O) groups is 2. The van der Waals surface area contributed by atoms with E-state index in [4.69, 9.17) is 9.15 Å². The molecule has 0 amide bonds. The van der Waals surface area contributed by atoms with Crippen LogP contribution in [0.3, 0.4) is 0 Å². The van der Waals surface area contributed by atoms with Gasteiger partial charge in [-0.25, -0.2) is 4.39 Å². The zero-order valence-electron chi connectivity index (χ0n) is 16.3. The molecule has 1 heterocycles.